The summed E-state index contributed by atoms with van der Waals surface area (Å²) < 4.78 is 23.6. The molecule has 9 nitrogen and oxygen atoms in total. The van der Waals surface area contributed by atoms with E-state index in [0.29, 0.717) is 0 Å². The molecule has 2 aliphatic heterocycles. The highest BCUT2D eigenvalue weighted by Crippen LogP contribution is 2.32. The van der Waals surface area contributed by atoms with Crippen LogP contribution in [-0.2, 0) is 19.4 Å². The predicted molar refractivity (Wildman–Crippen MR) is 98.3 cm³/mol. The minimum atomic E-state index is -3.38. The lowest BCUT2D eigenvalue weighted by molar-refractivity contribution is -0.385. The molecule has 0 bridgehead atoms. The van der Waals surface area contributed by atoms with E-state index in [-0.39, 0.29) is 45.9 Å². The van der Waals surface area contributed by atoms with E-state index in [4.69, 9.17) is 0 Å². The quantitative estimate of drug-likeness (QED) is 0.323. The summed E-state index contributed by atoms with van der Waals surface area (Å²) in [5, 5.41) is 20.6. The highest BCUT2D eigenvalue weighted by Gasteiger charge is 2.43. The van der Waals surface area contributed by atoms with Gasteiger partial charge in [0.2, 0.25) is 0 Å². The summed E-state index contributed by atoms with van der Waals surface area (Å²) >= 11 is 0. The molecule has 2 aliphatic rings. The smallest absolute Gasteiger partial charge is 0.270 e. The van der Waals surface area contributed by atoms with Crippen molar-refractivity contribution in [3.05, 3.63) is 56.7 Å². The maximum atomic E-state index is 13.0. The number of nitro benzene ring substituents is 1. The highest BCUT2D eigenvalue weighted by molar-refractivity contribution is 7.91. The van der Waals surface area contributed by atoms with E-state index < -0.39 is 32.6 Å². The topological polar surface area (TPSA) is 138 Å². The molecule has 0 N–H and O–H groups in total. The van der Waals surface area contributed by atoms with E-state index in [1.807, 2.05) is 0 Å². The van der Waals surface area contributed by atoms with Gasteiger partial charge in [-0.05, 0) is 31.1 Å². The van der Waals surface area contributed by atoms with Gasteiger partial charge in [-0.25, -0.2) is 8.42 Å². The Hall–Kier alpha value is -3.32. The first-order valence-corrected chi connectivity index (χ1v) is 10.1. The molecule has 3 rings (SSSR count). The Labute approximate surface area is 160 Å². The zero-order chi connectivity index (χ0) is 20.6. The molecular weight excluding hydrogens is 386 g/mol. The zero-order valence-electron chi connectivity index (χ0n) is 14.8. The third-order valence-corrected chi connectivity index (χ3v) is 6.53. The number of nitriles is 1. The van der Waals surface area contributed by atoms with Crippen LogP contribution in [0.1, 0.15) is 18.9 Å². The van der Waals surface area contributed by atoms with E-state index >= 15 is 0 Å². The van der Waals surface area contributed by atoms with Gasteiger partial charge in [0, 0.05) is 11.6 Å². The van der Waals surface area contributed by atoms with Gasteiger partial charge in [0.1, 0.15) is 11.6 Å². The molecule has 0 saturated carbocycles. The summed E-state index contributed by atoms with van der Waals surface area (Å²) in [5.74, 6) is -2.11. The summed E-state index contributed by atoms with van der Waals surface area (Å²) in [7, 11) is -3.38. The van der Waals surface area contributed by atoms with E-state index in [1.165, 1.54) is 31.2 Å². The average Bonchev–Trinajstić information content (AvgIpc) is 2.98. The van der Waals surface area contributed by atoms with Crippen molar-refractivity contribution in [2.45, 2.75) is 19.4 Å². The van der Waals surface area contributed by atoms with Crippen molar-refractivity contribution in [3.8, 4) is 6.07 Å². The highest BCUT2D eigenvalue weighted by atomic mass is 32.2. The standard InChI is InChI=1S/C18H15N3O6S/c1-11-14(8-12-4-2-3-5-16(12)21(24)25)17(22)20(18(23)15(11)9-19)13-6-7-28(26,27)10-13/h2-5,8,13H,6-7,10H2,1H3. The van der Waals surface area contributed by atoms with Gasteiger partial charge in [-0.1, -0.05) is 12.1 Å². The molecule has 0 spiro atoms. The molecule has 1 unspecified atom stereocenters. The minimum absolute atomic E-state index is 0.0465. The van der Waals surface area contributed by atoms with Gasteiger partial charge in [0.05, 0.1) is 28.0 Å². The van der Waals surface area contributed by atoms with Crippen LogP contribution < -0.4 is 0 Å². The Balaban J connectivity index is 2.15. The molecule has 0 aliphatic carbocycles. The first-order chi connectivity index (χ1) is 13.2. The molecule has 0 radical (unpaired) electrons. The number of amides is 2. The summed E-state index contributed by atoms with van der Waals surface area (Å²) in [6, 6.07) is 6.65. The number of carbonyl (C=O) groups is 2. The monoisotopic (exact) mass is 401 g/mol. The van der Waals surface area contributed by atoms with Crippen molar-refractivity contribution in [1.29, 1.82) is 5.26 Å². The van der Waals surface area contributed by atoms with Crippen molar-refractivity contribution < 1.29 is 22.9 Å². The minimum Gasteiger partial charge on any atom is -0.270 e. The molecule has 10 heteroatoms. The van der Waals surface area contributed by atoms with Crippen molar-refractivity contribution in [2.24, 2.45) is 0 Å². The number of imide groups is 1. The lowest BCUT2D eigenvalue weighted by Crippen LogP contribution is -2.49. The van der Waals surface area contributed by atoms with E-state index in [9.17, 15) is 33.4 Å². The van der Waals surface area contributed by atoms with Crippen molar-refractivity contribution in [3.63, 3.8) is 0 Å². The molecule has 1 fully saturated rings. The maximum absolute atomic E-state index is 13.0. The summed E-state index contributed by atoms with van der Waals surface area (Å²) in [4.78, 5) is 37.1. The SMILES string of the molecule is CC1=C(C#N)C(=O)N(C2CCS(=O)(=O)C2)C(=O)C1=Cc1ccccc1[N+](=O)[O-]. The van der Waals surface area contributed by atoms with Gasteiger partial charge in [0.15, 0.2) is 9.84 Å². The lowest BCUT2D eigenvalue weighted by Gasteiger charge is -2.31. The summed E-state index contributed by atoms with van der Waals surface area (Å²) in [5.41, 5.74) is -0.321. The lowest BCUT2D eigenvalue weighted by atomic mass is 9.92. The number of benzene rings is 1. The van der Waals surface area contributed by atoms with Crippen LogP contribution in [0.2, 0.25) is 0 Å². The fourth-order valence-electron chi connectivity index (χ4n) is 3.34. The maximum Gasteiger partial charge on any atom is 0.276 e. The van der Waals surface area contributed by atoms with Gasteiger partial charge < -0.3 is 0 Å². The summed E-state index contributed by atoms with van der Waals surface area (Å²) in [6.07, 6.45) is 1.35. The Kier molecular flexibility index (Phi) is 4.87. The average molecular weight is 401 g/mol. The van der Waals surface area contributed by atoms with Crippen LogP contribution in [-0.4, -0.2) is 47.6 Å². The molecule has 0 aromatic heterocycles. The fourth-order valence-corrected chi connectivity index (χ4v) is 5.04. The number of nitrogens with zero attached hydrogens (tertiary/aromatic N) is 3. The molecule has 1 saturated heterocycles. The second-order valence-electron chi connectivity index (χ2n) is 6.52. The third kappa shape index (κ3) is 3.32. The van der Waals surface area contributed by atoms with E-state index in [1.54, 1.807) is 12.1 Å². The van der Waals surface area contributed by atoms with Crippen LogP contribution in [0.5, 0.6) is 0 Å². The van der Waals surface area contributed by atoms with Crippen molar-refractivity contribution >= 4 is 33.4 Å². The second-order valence-corrected chi connectivity index (χ2v) is 8.75. The number of sulfone groups is 1. The molecule has 28 heavy (non-hydrogen) atoms. The Bertz CT molecular complexity index is 1110. The van der Waals surface area contributed by atoms with E-state index in [0.717, 1.165) is 4.90 Å². The van der Waals surface area contributed by atoms with Crippen LogP contribution in [0.25, 0.3) is 6.08 Å². The van der Waals surface area contributed by atoms with Crippen LogP contribution in [0.15, 0.2) is 41.0 Å². The molecular formula is C18H15N3O6S. The molecule has 144 valence electrons. The number of hydrogen-bond acceptors (Lipinski definition) is 7. The van der Waals surface area contributed by atoms with Gasteiger partial charge >= 0.3 is 0 Å². The number of carbonyl (C=O) groups excluding carboxylic acids is 2. The number of nitro groups is 1. The number of para-hydroxylation sites is 1. The largest absolute Gasteiger partial charge is 0.276 e. The molecule has 1 aromatic rings. The summed E-state index contributed by atoms with van der Waals surface area (Å²) in [6.45, 7) is 1.41. The van der Waals surface area contributed by atoms with Crippen LogP contribution in [0.3, 0.4) is 0 Å². The van der Waals surface area contributed by atoms with Crippen LogP contribution in [0.4, 0.5) is 5.69 Å². The van der Waals surface area contributed by atoms with Gasteiger partial charge in [0.25, 0.3) is 17.5 Å². The first kappa shape index (κ1) is 19.4. The third-order valence-electron chi connectivity index (χ3n) is 4.78. The number of hydrogen-bond donors (Lipinski definition) is 0. The molecule has 1 atom stereocenters. The van der Waals surface area contributed by atoms with Crippen molar-refractivity contribution in [2.75, 3.05) is 11.5 Å². The normalized spacial score (nSPS) is 23.2. The molecule has 1 aromatic carbocycles. The molecule has 2 amide bonds. The van der Waals surface area contributed by atoms with Gasteiger partial charge in [-0.3, -0.25) is 24.6 Å². The number of rotatable bonds is 3. The molecule has 2 heterocycles. The van der Waals surface area contributed by atoms with Crippen LogP contribution >= 0.6 is 0 Å². The van der Waals surface area contributed by atoms with Gasteiger partial charge in [-0.2, -0.15) is 5.26 Å². The predicted octanol–water partition coefficient (Wildman–Crippen LogP) is 1.37. The van der Waals surface area contributed by atoms with Crippen molar-refractivity contribution in [1.82, 2.24) is 4.90 Å². The van der Waals surface area contributed by atoms with Gasteiger partial charge in [-0.15, -0.1) is 0 Å². The Morgan fingerprint density at radius 3 is 2.54 bits per heavy atom. The first-order valence-electron chi connectivity index (χ1n) is 8.31. The van der Waals surface area contributed by atoms with E-state index in [2.05, 4.69) is 0 Å². The van der Waals surface area contributed by atoms with Crippen LogP contribution in [0, 0.1) is 21.4 Å². The Morgan fingerprint density at radius 2 is 1.96 bits per heavy atom. The fraction of sp³-hybridized carbons (Fsp3) is 0.278. The second kappa shape index (κ2) is 7.01. The Morgan fingerprint density at radius 1 is 1.29 bits per heavy atom. The zero-order valence-corrected chi connectivity index (χ0v) is 15.6.